The number of benzene rings is 1. The molecule has 0 saturated carbocycles. The average Bonchev–Trinajstić information content (AvgIpc) is 2.98. The van der Waals surface area contributed by atoms with Crippen LogP contribution in [0.1, 0.15) is 28.3 Å². The number of nitrogens with two attached hydrogens (primary N) is 1. The number of nitrogen functional groups attached to an aromatic ring is 1. The van der Waals surface area contributed by atoms with Crippen molar-refractivity contribution in [1.82, 2.24) is 24.7 Å². The normalized spacial score (nSPS) is 11.1. The van der Waals surface area contributed by atoms with E-state index in [2.05, 4.69) is 20.1 Å². The van der Waals surface area contributed by atoms with Crippen LogP contribution < -0.4 is 10.6 Å². The Morgan fingerprint density at radius 3 is 2.68 bits per heavy atom. The van der Waals surface area contributed by atoms with Gasteiger partial charge in [-0.1, -0.05) is 29.8 Å². The number of esters is 1. The number of aryl methyl sites for hydroxylation is 1. The summed E-state index contributed by atoms with van der Waals surface area (Å²) in [6, 6.07) is 7.63. The molecule has 10 heteroatoms. The van der Waals surface area contributed by atoms with Gasteiger partial charge in [-0.25, -0.2) is 4.79 Å². The lowest BCUT2D eigenvalue weighted by molar-refractivity contribution is -0.139. The lowest BCUT2D eigenvalue weighted by Crippen LogP contribution is -2.17. The summed E-state index contributed by atoms with van der Waals surface area (Å²) < 4.78 is 7.10. The number of rotatable bonds is 7. The highest BCUT2D eigenvalue weighted by Gasteiger charge is 2.12. The minimum Gasteiger partial charge on any atom is -0.454 e. The van der Waals surface area contributed by atoms with Crippen molar-refractivity contribution in [3.63, 3.8) is 0 Å². The van der Waals surface area contributed by atoms with E-state index < -0.39 is 5.97 Å². The number of hydrogen-bond acceptors (Lipinski definition) is 8. The van der Waals surface area contributed by atoms with Crippen LogP contribution in [0.15, 0.2) is 30.3 Å². The molecular formula is C21H24ClN7O2. The number of anilines is 2. The Labute approximate surface area is 185 Å². The summed E-state index contributed by atoms with van der Waals surface area (Å²) >= 11 is 6.26. The van der Waals surface area contributed by atoms with Crippen LogP contribution in [0, 0.1) is 13.8 Å². The van der Waals surface area contributed by atoms with Crippen molar-refractivity contribution in [2.24, 2.45) is 0 Å². The minimum atomic E-state index is -0.525. The van der Waals surface area contributed by atoms with E-state index in [-0.39, 0.29) is 18.4 Å². The fourth-order valence-corrected chi connectivity index (χ4v) is 3.11. The van der Waals surface area contributed by atoms with E-state index in [9.17, 15) is 4.79 Å². The lowest BCUT2D eigenvalue weighted by Gasteiger charge is -2.11. The first-order chi connectivity index (χ1) is 14.7. The van der Waals surface area contributed by atoms with Gasteiger partial charge in [-0.3, -0.25) is 4.68 Å². The molecule has 0 aliphatic heterocycles. The van der Waals surface area contributed by atoms with Crippen LogP contribution in [0.2, 0.25) is 5.02 Å². The third kappa shape index (κ3) is 5.58. The van der Waals surface area contributed by atoms with Gasteiger partial charge < -0.3 is 15.4 Å². The number of carbonyl (C=O) groups excluding carboxylic acids is 1. The van der Waals surface area contributed by atoms with Gasteiger partial charge in [0.05, 0.1) is 12.2 Å². The second kappa shape index (κ2) is 9.57. The number of halogens is 1. The standard InChI is InChI=1S/C21H24ClN7O2/c1-13-16(14(2)29(27-13)11-15-7-5-6-8-17(15)22)9-10-19(30)31-12-18-24-20(23)26-21(25-18)28(3)4/h5-10H,11-12H2,1-4H3,(H2,23,24,25,26)/b10-9+. The first-order valence-corrected chi connectivity index (χ1v) is 9.92. The predicted molar refractivity (Wildman–Crippen MR) is 120 cm³/mol. The van der Waals surface area contributed by atoms with Crippen molar-refractivity contribution in [2.45, 2.75) is 27.0 Å². The molecule has 0 bridgehead atoms. The summed E-state index contributed by atoms with van der Waals surface area (Å²) in [5, 5.41) is 5.25. The monoisotopic (exact) mass is 441 g/mol. The summed E-state index contributed by atoms with van der Waals surface area (Å²) in [5.74, 6) is 0.213. The van der Waals surface area contributed by atoms with E-state index >= 15 is 0 Å². The number of aromatic nitrogens is 5. The molecule has 0 fully saturated rings. The Hall–Kier alpha value is -3.46. The molecule has 0 radical (unpaired) electrons. The second-order valence-electron chi connectivity index (χ2n) is 7.08. The van der Waals surface area contributed by atoms with Crippen LogP contribution in [-0.4, -0.2) is 44.8 Å². The Bertz CT molecular complexity index is 1120. The van der Waals surface area contributed by atoms with E-state index in [1.807, 2.05) is 42.8 Å². The maximum Gasteiger partial charge on any atom is 0.331 e. The predicted octanol–water partition coefficient (Wildman–Crippen LogP) is 2.79. The molecule has 2 N–H and O–H groups in total. The van der Waals surface area contributed by atoms with Crippen LogP contribution in [-0.2, 0) is 22.7 Å². The Morgan fingerprint density at radius 1 is 1.23 bits per heavy atom. The summed E-state index contributed by atoms with van der Waals surface area (Å²) in [6.45, 7) is 4.26. The molecule has 0 aliphatic rings. The molecule has 3 rings (SSSR count). The van der Waals surface area contributed by atoms with E-state index in [1.165, 1.54) is 6.08 Å². The highest BCUT2D eigenvalue weighted by Crippen LogP contribution is 2.20. The number of hydrogen-bond donors (Lipinski definition) is 1. The Kier molecular flexibility index (Phi) is 6.86. The first kappa shape index (κ1) is 22.2. The van der Waals surface area contributed by atoms with Crippen molar-refractivity contribution in [3.8, 4) is 0 Å². The molecule has 2 aromatic heterocycles. The van der Waals surface area contributed by atoms with Crippen molar-refractivity contribution in [2.75, 3.05) is 24.7 Å². The zero-order chi connectivity index (χ0) is 22.5. The topological polar surface area (TPSA) is 112 Å². The van der Waals surface area contributed by atoms with Gasteiger partial charge in [0, 0.05) is 36.5 Å². The Balaban J connectivity index is 1.67. The Morgan fingerprint density at radius 2 is 1.97 bits per heavy atom. The number of carbonyl (C=O) groups is 1. The van der Waals surface area contributed by atoms with Gasteiger partial charge in [-0.15, -0.1) is 0 Å². The van der Waals surface area contributed by atoms with E-state index in [1.54, 1.807) is 25.1 Å². The second-order valence-corrected chi connectivity index (χ2v) is 7.49. The van der Waals surface area contributed by atoms with Gasteiger partial charge >= 0.3 is 5.97 Å². The molecule has 0 saturated heterocycles. The van der Waals surface area contributed by atoms with Crippen LogP contribution in [0.4, 0.5) is 11.9 Å². The molecule has 3 aromatic rings. The van der Waals surface area contributed by atoms with Gasteiger partial charge in [0.15, 0.2) is 12.4 Å². The SMILES string of the molecule is Cc1nn(Cc2ccccc2Cl)c(C)c1/C=C/C(=O)OCc1nc(N)nc(N(C)C)n1. The summed E-state index contributed by atoms with van der Waals surface area (Å²) in [7, 11) is 3.56. The molecule has 0 unspecified atom stereocenters. The van der Waals surface area contributed by atoms with Crippen LogP contribution in [0.25, 0.3) is 6.08 Å². The zero-order valence-electron chi connectivity index (χ0n) is 17.8. The lowest BCUT2D eigenvalue weighted by atomic mass is 10.1. The van der Waals surface area contributed by atoms with Crippen molar-refractivity contribution >= 4 is 35.5 Å². The smallest absolute Gasteiger partial charge is 0.331 e. The van der Waals surface area contributed by atoms with Gasteiger partial charge in [0.2, 0.25) is 11.9 Å². The van der Waals surface area contributed by atoms with Gasteiger partial charge in [-0.2, -0.15) is 20.1 Å². The summed E-state index contributed by atoms with van der Waals surface area (Å²) in [4.78, 5) is 26.1. The van der Waals surface area contributed by atoms with E-state index in [0.29, 0.717) is 17.5 Å². The summed E-state index contributed by atoms with van der Waals surface area (Å²) in [5.41, 5.74) is 9.22. The molecule has 2 heterocycles. The van der Waals surface area contributed by atoms with Crippen molar-refractivity contribution < 1.29 is 9.53 Å². The molecule has 0 spiro atoms. The maximum absolute atomic E-state index is 12.2. The summed E-state index contributed by atoms with van der Waals surface area (Å²) in [6.07, 6.45) is 3.05. The number of ether oxygens (including phenoxy) is 1. The largest absolute Gasteiger partial charge is 0.454 e. The fraction of sp³-hybridized carbons (Fsp3) is 0.286. The molecule has 1 aromatic carbocycles. The molecule has 0 aliphatic carbocycles. The maximum atomic E-state index is 12.2. The van der Waals surface area contributed by atoms with Gasteiger partial charge in [0.1, 0.15) is 0 Å². The molecule has 0 atom stereocenters. The van der Waals surface area contributed by atoms with E-state index in [4.69, 9.17) is 22.1 Å². The third-order valence-corrected chi connectivity index (χ3v) is 4.90. The number of nitrogens with zero attached hydrogens (tertiary/aromatic N) is 6. The zero-order valence-corrected chi connectivity index (χ0v) is 18.6. The minimum absolute atomic E-state index is 0.0671. The van der Waals surface area contributed by atoms with Gasteiger partial charge in [0.25, 0.3) is 0 Å². The molecule has 0 amide bonds. The van der Waals surface area contributed by atoms with Crippen molar-refractivity contribution in [1.29, 1.82) is 0 Å². The van der Waals surface area contributed by atoms with Crippen molar-refractivity contribution in [3.05, 3.63) is 63.7 Å². The van der Waals surface area contributed by atoms with Crippen LogP contribution >= 0.6 is 11.6 Å². The first-order valence-electron chi connectivity index (χ1n) is 9.54. The fourth-order valence-electron chi connectivity index (χ4n) is 2.92. The van der Waals surface area contributed by atoms with E-state index in [0.717, 1.165) is 22.5 Å². The molecule has 9 nitrogen and oxygen atoms in total. The molecular weight excluding hydrogens is 418 g/mol. The highest BCUT2D eigenvalue weighted by atomic mass is 35.5. The average molecular weight is 442 g/mol. The molecule has 31 heavy (non-hydrogen) atoms. The quantitative estimate of drug-likeness (QED) is 0.440. The highest BCUT2D eigenvalue weighted by molar-refractivity contribution is 6.31. The van der Waals surface area contributed by atoms with Crippen LogP contribution in [0.5, 0.6) is 0 Å². The van der Waals surface area contributed by atoms with Crippen LogP contribution in [0.3, 0.4) is 0 Å². The molecule has 162 valence electrons. The third-order valence-electron chi connectivity index (χ3n) is 4.53. The van der Waals surface area contributed by atoms with Gasteiger partial charge in [-0.05, 0) is 31.6 Å².